The van der Waals surface area contributed by atoms with E-state index >= 15 is 13.2 Å². The molecule has 0 saturated heterocycles. The standard InChI is InChI=1S/C77H33F6N11/c78-76(79,80)57-13-18-62(68(33-57)77(81,82)83)51-12-23-73(93-69-19-8-47(58-14-4-43(34-84)24-53(58)39-89)28-63(69)64-29-48(9-20-70(64)93)59-15-5-44(35-85)25-54(59)40-90)67(32-51)75-52(38-88)2-1-3-74(75)94-71-21-10-49(60-16-6-45(36-86)26-55(60)41-91)30-65(71)66-31-50(11-22-72(66)94)61-17-7-46(37-87)27-56(61)42-92/h1-33H. The second kappa shape index (κ2) is 22.9. The van der Waals surface area contributed by atoms with Crippen molar-refractivity contribution in [3.63, 3.8) is 0 Å². The van der Waals surface area contributed by atoms with Gasteiger partial charge in [0.25, 0.3) is 0 Å². The van der Waals surface area contributed by atoms with Gasteiger partial charge in [-0.2, -0.15) is 73.7 Å². The first-order chi connectivity index (χ1) is 45.4. The number of aromatic nitrogens is 2. The minimum absolute atomic E-state index is 0.00938. The Balaban J connectivity index is 1.15. The van der Waals surface area contributed by atoms with Crippen LogP contribution in [0.15, 0.2) is 200 Å². The predicted molar refractivity (Wildman–Crippen MR) is 340 cm³/mol. The van der Waals surface area contributed by atoms with E-state index in [2.05, 4.69) is 54.6 Å². The van der Waals surface area contributed by atoms with E-state index in [1.807, 2.05) is 33.4 Å². The molecule has 2 heterocycles. The summed E-state index contributed by atoms with van der Waals surface area (Å²) in [5.74, 6) is 0. The molecule has 0 aliphatic rings. The second-order valence-electron chi connectivity index (χ2n) is 21.8. The van der Waals surface area contributed by atoms with Gasteiger partial charge in [0.05, 0.1) is 149 Å². The fraction of sp³-hybridized carbons (Fsp3) is 0.0260. The van der Waals surface area contributed by atoms with E-state index in [9.17, 15) is 60.5 Å². The van der Waals surface area contributed by atoms with Crippen LogP contribution in [0.25, 0.3) is 122 Å². The molecule has 17 heteroatoms. The molecule has 13 rings (SSSR count). The zero-order chi connectivity index (χ0) is 65.9. The minimum Gasteiger partial charge on any atom is -0.309 e. The summed E-state index contributed by atoms with van der Waals surface area (Å²) in [6.07, 6.45) is -10.5. The molecule has 11 aromatic carbocycles. The lowest BCUT2D eigenvalue weighted by molar-refractivity contribution is -0.142. The van der Waals surface area contributed by atoms with Gasteiger partial charge in [-0.05, 0) is 189 Å². The molecule has 0 N–H and O–H groups in total. The van der Waals surface area contributed by atoms with Crippen LogP contribution >= 0.6 is 0 Å². The Morgan fingerprint density at radius 1 is 0.266 bits per heavy atom. The molecule has 2 aromatic heterocycles. The molecule has 94 heavy (non-hydrogen) atoms. The Kier molecular flexibility index (Phi) is 14.4. The molecule has 0 fully saturated rings. The van der Waals surface area contributed by atoms with Crippen molar-refractivity contribution in [3.05, 3.63) is 261 Å². The highest BCUT2D eigenvalue weighted by Crippen LogP contribution is 2.48. The fourth-order valence-electron chi connectivity index (χ4n) is 12.5. The fourth-order valence-corrected chi connectivity index (χ4v) is 12.5. The molecule has 0 amide bonds. The smallest absolute Gasteiger partial charge is 0.309 e. The van der Waals surface area contributed by atoms with Crippen LogP contribution in [0.3, 0.4) is 0 Å². The molecular weight excluding hydrogens is 1190 g/mol. The maximum Gasteiger partial charge on any atom is 0.417 e. The van der Waals surface area contributed by atoms with Gasteiger partial charge in [0.15, 0.2) is 0 Å². The first-order valence-electron chi connectivity index (χ1n) is 28.4. The predicted octanol–water partition coefficient (Wildman–Crippen LogP) is 18.8. The summed E-state index contributed by atoms with van der Waals surface area (Å²) >= 11 is 0. The van der Waals surface area contributed by atoms with Crippen molar-refractivity contribution < 1.29 is 26.3 Å². The number of halogens is 6. The van der Waals surface area contributed by atoms with E-state index < -0.39 is 29.0 Å². The van der Waals surface area contributed by atoms with Crippen LogP contribution in [0, 0.1) is 102 Å². The molecular formula is C77H33F6N11. The molecule has 0 radical (unpaired) electrons. The summed E-state index contributed by atoms with van der Waals surface area (Å²) in [4.78, 5) is 0. The summed E-state index contributed by atoms with van der Waals surface area (Å²) in [5.41, 5.74) is 4.89. The molecule has 438 valence electrons. The summed E-state index contributed by atoms with van der Waals surface area (Å²) in [6.45, 7) is 0. The van der Waals surface area contributed by atoms with E-state index in [1.165, 1.54) is 48.5 Å². The number of alkyl halides is 6. The van der Waals surface area contributed by atoms with Gasteiger partial charge in [-0.25, -0.2) is 0 Å². The third kappa shape index (κ3) is 9.92. The lowest BCUT2D eigenvalue weighted by Gasteiger charge is -2.22. The lowest BCUT2D eigenvalue weighted by Crippen LogP contribution is -2.12. The van der Waals surface area contributed by atoms with Gasteiger partial charge in [-0.3, -0.25) is 0 Å². The van der Waals surface area contributed by atoms with Crippen molar-refractivity contribution in [2.75, 3.05) is 0 Å². The van der Waals surface area contributed by atoms with Gasteiger partial charge >= 0.3 is 12.4 Å². The van der Waals surface area contributed by atoms with Gasteiger partial charge in [0.2, 0.25) is 0 Å². The van der Waals surface area contributed by atoms with Gasteiger partial charge in [0.1, 0.15) is 0 Å². The average molecular weight is 1230 g/mol. The molecule has 0 aliphatic heterocycles. The maximum absolute atomic E-state index is 15.4. The van der Waals surface area contributed by atoms with Crippen molar-refractivity contribution in [1.82, 2.24) is 9.13 Å². The van der Waals surface area contributed by atoms with Crippen molar-refractivity contribution >= 4 is 43.6 Å². The summed E-state index contributed by atoms with van der Waals surface area (Å²) in [5, 5.41) is 94.4. The number of benzene rings is 11. The first kappa shape index (κ1) is 59.0. The number of hydrogen-bond donors (Lipinski definition) is 0. The van der Waals surface area contributed by atoms with E-state index in [0.717, 1.165) is 6.07 Å². The van der Waals surface area contributed by atoms with Gasteiger partial charge < -0.3 is 9.13 Å². The van der Waals surface area contributed by atoms with Crippen molar-refractivity contribution in [1.29, 1.82) is 47.4 Å². The Labute approximate surface area is 530 Å². The monoisotopic (exact) mass is 1230 g/mol. The number of nitriles is 9. The van der Waals surface area contributed by atoms with Crippen LogP contribution in [0.5, 0.6) is 0 Å². The normalized spacial score (nSPS) is 11.2. The van der Waals surface area contributed by atoms with E-state index in [4.69, 9.17) is 0 Å². The lowest BCUT2D eigenvalue weighted by atomic mass is 9.90. The van der Waals surface area contributed by atoms with E-state index in [1.54, 1.807) is 109 Å². The third-order valence-electron chi connectivity index (χ3n) is 16.7. The topological polar surface area (TPSA) is 224 Å². The van der Waals surface area contributed by atoms with Crippen molar-refractivity contribution in [2.45, 2.75) is 12.4 Å². The first-order valence-corrected chi connectivity index (χ1v) is 28.4. The van der Waals surface area contributed by atoms with Crippen LogP contribution in [0.2, 0.25) is 0 Å². The van der Waals surface area contributed by atoms with Gasteiger partial charge in [0, 0.05) is 32.7 Å². The quantitative estimate of drug-likeness (QED) is 0.132. The highest BCUT2D eigenvalue weighted by Gasteiger charge is 2.39. The SMILES string of the molecule is N#Cc1ccc(-c2ccc3c(c2)c2cc(-c4ccc(C#N)cc4C#N)ccc2n3-c2ccc(-c3ccc(C(F)(F)F)cc3C(F)(F)F)cc2-c2c(C#N)cccc2-n2c3ccc(-c4ccc(C#N)cc4C#N)cc3c3cc(-c4ccc(C#N)cc4C#N)ccc32)c(C#N)c1. The minimum atomic E-state index is -5.31. The largest absolute Gasteiger partial charge is 0.417 e. The number of nitrogens with zero attached hydrogens (tertiary/aromatic N) is 11. The van der Waals surface area contributed by atoms with Crippen LogP contribution in [-0.2, 0) is 12.4 Å². The molecule has 0 aliphatic carbocycles. The molecule has 0 atom stereocenters. The zero-order valence-electron chi connectivity index (χ0n) is 48.2. The molecule has 0 bridgehead atoms. The average Bonchev–Trinajstić information content (AvgIpc) is 1.53. The Hall–Kier alpha value is -14.0. The van der Waals surface area contributed by atoms with Crippen molar-refractivity contribution in [2.24, 2.45) is 0 Å². The van der Waals surface area contributed by atoms with E-state index in [-0.39, 0.29) is 78.5 Å². The Bertz CT molecular complexity index is 5650. The molecule has 0 unspecified atom stereocenters. The van der Waals surface area contributed by atoms with Gasteiger partial charge in [-0.15, -0.1) is 0 Å². The Morgan fingerprint density at radius 2 is 0.606 bits per heavy atom. The maximum atomic E-state index is 15.4. The highest BCUT2D eigenvalue weighted by atomic mass is 19.4. The van der Waals surface area contributed by atoms with Crippen LogP contribution < -0.4 is 0 Å². The molecule has 0 spiro atoms. The van der Waals surface area contributed by atoms with Crippen LogP contribution in [0.4, 0.5) is 26.3 Å². The van der Waals surface area contributed by atoms with E-state index in [0.29, 0.717) is 99.9 Å². The van der Waals surface area contributed by atoms with Crippen molar-refractivity contribution in [3.8, 4) is 133 Å². The van der Waals surface area contributed by atoms with Gasteiger partial charge in [-0.1, -0.05) is 66.7 Å². The summed E-state index contributed by atoms with van der Waals surface area (Å²) < 4.78 is 93.0. The Morgan fingerprint density at radius 3 is 0.947 bits per heavy atom. The number of fused-ring (bicyclic) bond motifs is 6. The second-order valence-corrected chi connectivity index (χ2v) is 21.8. The van der Waals surface area contributed by atoms with Crippen LogP contribution in [0.1, 0.15) is 61.2 Å². The summed E-state index contributed by atoms with van der Waals surface area (Å²) in [6, 6.07) is 70.3. The summed E-state index contributed by atoms with van der Waals surface area (Å²) in [7, 11) is 0. The van der Waals surface area contributed by atoms with Crippen LogP contribution in [-0.4, -0.2) is 9.13 Å². The number of rotatable bonds is 8. The molecule has 0 saturated carbocycles. The molecule has 11 nitrogen and oxygen atoms in total. The molecule has 13 aromatic rings. The highest BCUT2D eigenvalue weighted by molar-refractivity contribution is 6.14. The zero-order valence-corrected chi connectivity index (χ0v) is 48.2. The number of hydrogen-bond acceptors (Lipinski definition) is 9. The third-order valence-corrected chi connectivity index (χ3v) is 16.7.